The molecule has 0 heteroatoms. The van der Waals surface area contributed by atoms with Gasteiger partial charge in [-0.2, -0.15) is 0 Å². The average Bonchev–Trinajstić information content (AvgIpc) is 2.55. The summed E-state index contributed by atoms with van der Waals surface area (Å²) in [6.45, 7) is 4.43. The van der Waals surface area contributed by atoms with Crippen LogP contribution in [0.25, 0.3) is 5.57 Å². The van der Waals surface area contributed by atoms with Crippen LogP contribution in [0.15, 0.2) is 66.2 Å². The highest BCUT2D eigenvalue weighted by atomic mass is 14.1. The van der Waals surface area contributed by atoms with Gasteiger partial charge in [-0.15, -0.1) is 0 Å². The van der Waals surface area contributed by atoms with Crippen molar-refractivity contribution < 1.29 is 0 Å². The zero-order valence-electron chi connectivity index (χ0n) is 12.9. The Balaban J connectivity index is 2.36. The van der Waals surface area contributed by atoms with E-state index < -0.39 is 0 Å². The summed E-state index contributed by atoms with van der Waals surface area (Å²) in [5.74, 6) is 6.68. The molecule has 0 aliphatic heterocycles. The topological polar surface area (TPSA) is 0 Å². The SMILES string of the molecule is CCCC/C(C)=C(\C#Cc1ccccc1)c1ccccc1. The lowest BCUT2D eigenvalue weighted by molar-refractivity contribution is 0.789. The molecule has 0 aliphatic carbocycles. The van der Waals surface area contributed by atoms with Crippen LogP contribution in [0.3, 0.4) is 0 Å². The molecule has 2 rings (SSSR count). The second-order valence-corrected chi connectivity index (χ2v) is 5.24. The molecule has 0 fully saturated rings. The van der Waals surface area contributed by atoms with Crippen molar-refractivity contribution in [2.45, 2.75) is 33.1 Å². The zero-order valence-corrected chi connectivity index (χ0v) is 12.9. The third kappa shape index (κ3) is 4.65. The average molecular weight is 274 g/mol. The summed E-state index contributed by atoms with van der Waals surface area (Å²) in [6, 6.07) is 20.7. The monoisotopic (exact) mass is 274 g/mol. The number of unbranched alkanes of at least 4 members (excludes halogenated alkanes) is 1. The lowest BCUT2D eigenvalue weighted by Crippen LogP contribution is -1.88. The van der Waals surface area contributed by atoms with Crippen LogP contribution in [0.2, 0.25) is 0 Å². The van der Waals surface area contributed by atoms with Crippen LogP contribution < -0.4 is 0 Å². The van der Waals surface area contributed by atoms with Gasteiger partial charge in [-0.3, -0.25) is 0 Å². The van der Waals surface area contributed by atoms with Gasteiger partial charge >= 0.3 is 0 Å². The van der Waals surface area contributed by atoms with Crippen molar-refractivity contribution in [3.8, 4) is 11.8 Å². The van der Waals surface area contributed by atoms with Gasteiger partial charge in [-0.1, -0.05) is 79.3 Å². The fourth-order valence-electron chi connectivity index (χ4n) is 2.25. The normalized spacial score (nSPS) is 11.3. The van der Waals surface area contributed by atoms with Gasteiger partial charge in [-0.05, 0) is 37.5 Å². The van der Waals surface area contributed by atoms with Crippen molar-refractivity contribution in [3.05, 3.63) is 77.4 Å². The first-order chi connectivity index (χ1) is 10.3. The molecule has 2 aromatic carbocycles. The van der Waals surface area contributed by atoms with E-state index in [4.69, 9.17) is 0 Å². The summed E-state index contributed by atoms with van der Waals surface area (Å²) in [7, 11) is 0. The van der Waals surface area contributed by atoms with Crippen LogP contribution in [0.5, 0.6) is 0 Å². The Labute approximate surface area is 128 Å². The Morgan fingerprint density at radius 3 is 2.14 bits per heavy atom. The minimum Gasteiger partial charge on any atom is -0.0654 e. The molecule has 0 amide bonds. The molecule has 0 N–H and O–H groups in total. The number of allylic oxidation sites excluding steroid dienone is 2. The lowest BCUT2D eigenvalue weighted by atomic mass is 9.97. The molecule has 0 unspecified atom stereocenters. The Bertz CT molecular complexity index is 637. The van der Waals surface area contributed by atoms with Crippen LogP contribution in [-0.4, -0.2) is 0 Å². The molecule has 0 saturated heterocycles. The number of hydrogen-bond acceptors (Lipinski definition) is 0. The van der Waals surface area contributed by atoms with Gasteiger partial charge in [0, 0.05) is 11.1 Å². The summed E-state index contributed by atoms with van der Waals surface area (Å²) < 4.78 is 0. The molecule has 0 heterocycles. The molecule has 0 aliphatic rings. The first-order valence-corrected chi connectivity index (χ1v) is 7.63. The van der Waals surface area contributed by atoms with Gasteiger partial charge in [0.15, 0.2) is 0 Å². The highest BCUT2D eigenvalue weighted by Crippen LogP contribution is 2.21. The van der Waals surface area contributed by atoms with Crippen LogP contribution in [-0.2, 0) is 0 Å². The van der Waals surface area contributed by atoms with E-state index in [2.05, 4.69) is 62.1 Å². The molecule has 0 saturated carbocycles. The first-order valence-electron chi connectivity index (χ1n) is 7.63. The van der Waals surface area contributed by atoms with Gasteiger partial charge in [-0.25, -0.2) is 0 Å². The fraction of sp³-hybridized carbons (Fsp3) is 0.238. The molecule has 0 bridgehead atoms. The second kappa shape index (κ2) is 8.12. The van der Waals surface area contributed by atoms with Crippen molar-refractivity contribution in [3.63, 3.8) is 0 Å². The van der Waals surface area contributed by atoms with Gasteiger partial charge in [0.1, 0.15) is 0 Å². The Morgan fingerprint density at radius 1 is 0.905 bits per heavy atom. The predicted octanol–water partition coefficient (Wildman–Crippen LogP) is 5.70. The van der Waals surface area contributed by atoms with E-state index in [9.17, 15) is 0 Å². The van der Waals surface area contributed by atoms with Crippen LogP contribution in [0.4, 0.5) is 0 Å². The van der Waals surface area contributed by atoms with E-state index in [1.165, 1.54) is 29.6 Å². The standard InChI is InChI=1S/C21H22/c1-3-4-11-18(2)21(20-14-9-6-10-15-20)17-16-19-12-7-5-8-13-19/h5-10,12-15H,3-4,11H2,1-2H3/b21-18+. The fourth-order valence-corrected chi connectivity index (χ4v) is 2.25. The molecule has 0 spiro atoms. The second-order valence-electron chi connectivity index (χ2n) is 5.24. The van der Waals surface area contributed by atoms with Crippen molar-refractivity contribution in [2.75, 3.05) is 0 Å². The number of rotatable bonds is 4. The molecule has 0 nitrogen and oxygen atoms in total. The largest absolute Gasteiger partial charge is 0.0654 e. The number of benzene rings is 2. The molecule has 21 heavy (non-hydrogen) atoms. The highest BCUT2D eigenvalue weighted by Gasteiger charge is 2.03. The van der Waals surface area contributed by atoms with Crippen LogP contribution in [0, 0.1) is 11.8 Å². The quantitative estimate of drug-likeness (QED) is 0.627. The van der Waals surface area contributed by atoms with Gasteiger partial charge < -0.3 is 0 Å². The van der Waals surface area contributed by atoms with Crippen molar-refractivity contribution in [1.82, 2.24) is 0 Å². The molecule has 0 radical (unpaired) electrons. The summed E-state index contributed by atoms with van der Waals surface area (Å²) in [5, 5.41) is 0. The van der Waals surface area contributed by atoms with Crippen LogP contribution in [0.1, 0.15) is 44.2 Å². The summed E-state index contributed by atoms with van der Waals surface area (Å²) >= 11 is 0. The smallest absolute Gasteiger partial charge is 0.0310 e. The Kier molecular flexibility index (Phi) is 5.85. The maximum absolute atomic E-state index is 3.39. The van der Waals surface area contributed by atoms with E-state index >= 15 is 0 Å². The van der Waals surface area contributed by atoms with Crippen molar-refractivity contribution in [2.24, 2.45) is 0 Å². The van der Waals surface area contributed by atoms with E-state index in [1.807, 2.05) is 24.3 Å². The van der Waals surface area contributed by atoms with Gasteiger partial charge in [0.25, 0.3) is 0 Å². The minimum atomic E-state index is 1.06. The van der Waals surface area contributed by atoms with E-state index in [-0.39, 0.29) is 0 Å². The van der Waals surface area contributed by atoms with Gasteiger partial charge in [0.2, 0.25) is 0 Å². The molecule has 2 aromatic rings. The lowest BCUT2D eigenvalue weighted by Gasteiger charge is -2.07. The van der Waals surface area contributed by atoms with Gasteiger partial charge in [0.05, 0.1) is 0 Å². The highest BCUT2D eigenvalue weighted by molar-refractivity contribution is 5.81. The molecule has 106 valence electrons. The van der Waals surface area contributed by atoms with Crippen molar-refractivity contribution >= 4 is 5.57 Å². The molecule has 0 aromatic heterocycles. The van der Waals surface area contributed by atoms with E-state index in [0.29, 0.717) is 0 Å². The first kappa shape index (κ1) is 15.1. The molecular formula is C21H22. The molecular weight excluding hydrogens is 252 g/mol. The van der Waals surface area contributed by atoms with E-state index in [1.54, 1.807) is 0 Å². The van der Waals surface area contributed by atoms with Crippen LogP contribution >= 0.6 is 0 Å². The zero-order chi connectivity index (χ0) is 14.9. The van der Waals surface area contributed by atoms with Crippen molar-refractivity contribution in [1.29, 1.82) is 0 Å². The number of hydrogen-bond donors (Lipinski definition) is 0. The Morgan fingerprint density at radius 2 is 1.52 bits per heavy atom. The maximum Gasteiger partial charge on any atom is 0.0310 e. The summed E-state index contributed by atoms with van der Waals surface area (Å²) in [5.41, 5.74) is 4.84. The summed E-state index contributed by atoms with van der Waals surface area (Å²) in [6.07, 6.45) is 3.55. The van der Waals surface area contributed by atoms with E-state index in [0.717, 1.165) is 12.0 Å². The minimum absolute atomic E-state index is 1.06. The third-order valence-corrected chi connectivity index (χ3v) is 3.50. The predicted molar refractivity (Wildman–Crippen MR) is 91.9 cm³/mol. The Hall–Kier alpha value is -2.26. The maximum atomic E-state index is 3.39. The third-order valence-electron chi connectivity index (χ3n) is 3.50. The summed E-state index contributed by atoms with van der Waals surface area (Å²) in [4.78, 5) is 0. The molecule has 0 atom stereocenters.